The molecule has 0 unspecified atom stereocenters. The van der Waals surface area contributed by atoms with Crippen LogP contribution in [0.2, 0.25) is 5.02 Å². The Morgan fingerprint density at radius 1 is 1.31 bits per heavy atom. The van der Waals surface area contributed by atoms with Crippen molar-refractivity contribution in [1.29, 1.82) is 0 Å². The molecule has 1 heterocycles. The van der Waals surface area contributed by atoms with Crippen LogP contribution in [-0.2, 0) is 0 Å². The lowest BCUT2D eigenvalue weighted by Crippen LogP contribution is -2.01. The van der Waals surface area contributed by atoms with Crippen LogP contribution in [0.5, 0.6) is 5.75 Å². The minimum absolute atomic E-state index is 0.0700. The van der Waals surface area contributed by atoms with Gasteiger partial charge in [-0.15, -0.1) is 0 Å². The number of carboxylic acids is 1. The highest BCUT2D eigenvalue weighted by molar-refractivity contribution is 6.33. The molecule has 1 aromatic carbocycles. The molecule has 0 aliphatic carbocycles. The van der Waals surface area contributed by atoms with Crippen LogP contribution in [0.3, 0.4) is 0 Å². The van der Waals surface area contributed by atoms with E-state index in [1.54, 1.807) is 12.1 Å². The van der Waals surface area contributed by atoms with Crippen LogP contribution in [0, 0.1) is 0 Å². The topological polar surface area (TPSA) is 75.3 Å². The van der Waals surface area contributed by atoms with E-state index in [1.807, 2.05) is 0 Å². The van der Waals surface area contributed by atoms with Gasteiger partial charge in [-0.05, 0) is 24.3 Å². The normalized spacial score (nSPS) is 10.3. The maximum atomic E-state index is 10.7. The molecule has 2 rings (SSSR count). The van der Waals surface area contributed by atoms with Crippen molar-refractivity contribution in [2.45, 2.75) is 0 Å². The molecule has 2 aromatic rings. The zero-order valence-electron chi connectivity index (χ0n) is 7.96. The number of aromatic nitrogens is 2. The minimum Gasteiger partial charge on any atom is -0.508 e. The average molecular weight is 239 g/mol. The van der Waals surface area contributed by atoms with Crippen molar-refractivity contribution in [1.82, 2.24) is 9.78 Å². The number of rotatable bonds is 2. The Kier molecular flexibility index (Phi) is 2.54. The molecule has 82 valence electrons. The molecule has 0 radical (unpaired) electrons. The Balaban J connectivity index is 2.45. The third-order valence-corrected chi connectivity index (χ3v) is 2.26. The van der Waals surface area contributed by atoms with Gasteiger partial charge in [0.2, 0.25) is 0 Å². The summed E-state index contributed by atoms with van der Waals surface area (Å²) in [5.74, 6) is -1.05. The van der Waals surface area contributed by atoms with Gasteiger partial charge in [0.1, 0.15) is 5.75 Å². The molecule has 0 bridgehead atoms. The fraction of sp³-hybridized carbons (Fsp3) is 0. The zero-order chi connectivity index (χ0) is 11.7. The lowest BCUT2D eigenvalue weighted by atomic mass is 10.3. The number of hydrogen-bond donors (Lipinski definition) is 2. The number of aromatic hydroxyl groups is 1. The molecule has 6 heteroatoms. The fourth-order valence-electron chi connectivity index (χ4n) is 1.24. The van der Waals surface area contributed by atoms with Gasteiger partial charge in [0, 0.05) is 0 Å². The molecule has 0 atom stereocenters. The predicted molar refractivity (Wildman–Crippen MR) is 57.2 cm³/mol. The number of halogens is 1. The van der Waals surface area contributed by atoms with Gasteiger partial charge in [-0.25, -0.2) is 9.48 Å². The van der Waals surface area contributed by atoms with E-state index < -0.39 is 5.97 Å². The summed E-state index contributed by atoms with van der Waals surface area (Å²) in [6.45, 7) is 0. The summed E-state index contributed by atoms with van der Waals surface area (Å²) in [5, 5.41) is 21.8. The van der Waals surface area contributed by atoms with Crippen molar-refractivity contribution in [2.75, 3.05) is 0 Å². The van der Waals surface area contributed by atoms with Crippen LogP contribution < -0.4 is 0 Å². The molecule has 0 aliphatic heterocycles. The van der Waals surface area contributed by atoms with Crippen molar-refractivity contribution in [3.05, 3.63) is 41.2 Å². The highest BCUT2D eigenvalue weighted by Crippen LogP contribution is 2.18. The molecular formula is C10H7ClN2O3. The Bertz CT molecular complexity index is 533. The Morgan fingerprint density at radius 3 is 2.44 bits per heavy atom. The number of nitrogens with zero attached hydrogens (tertiary/aromatic N) is 2. The molecule has 0 spiro atoms. The molecule has 0 saturated carbocycles. The van der Waals surface area contributed by atoms with Crippen molar-refractivity contribution >= 4 is 17.6 Å². The maximum absolute atomic E-state index is 10.7. The van der Waals surface area contributed by atoms with Gasteiger partial charge >= 0.3 is 5.97 Å². The molecular weight excluding hydrogens is 232 g/mol. The van der Waals surface area contributed by atoms with Gasteiger partial charge in [-0.2, -0.15) is 5.10 Å². The molecule has 0 saturated heterocycles. The Labute approximate surface area is 95.5 Å². The second kappa shape index (κ2) is 3.86. The number of carboxylic acid groups (broad SMARTS) is 1. The average Bonchev–Trinajstić information content (AvgIpc) is 2.61. The smallest absolute Gasteiger partial charge is 0.357 e. The summed E-state index contributed by atoms with van der Waals surface area (Å²) in [6.07, 6.45) is 1.40. The summed E-state index contributed by atoms with van der Waals surface area (Å²) < 4.78 is 1.34. The standard InChI is InChI=1S/C10H7ClN2O3/c11-8-5-13(12-9(8)10(15)16)6-1-3-7(14)4-2-6/h1-5,14H,(H,15,16). The highest BCUT2D eigenvalue weighted by atomic mass is 35.5. The summed E-state index contributed by atoms with van der Waals surface area (Å²) in [7, 11) is 0. The van der Waals surface area contributed by atoms with Crippen LogP contribution in [0.1, 0.15) is 10.5 Å². The predicted octanol–water partition coefficient (Wildman–Crippen LogP) is 1.93. The zero-order valence-corrected chi connectivity index (χ0v) is 8.72. The molecule has 0 amide bonds. The molecule has 2 N–H and O–H groups in total. The molecule has 0 aliphatic rings. The first kappa shape index (κ1) is 10.5. The maximum Gasteiger partial charge on any atom is 0.357 e. The van der Waals surface area contributed by atoms with Gasteiger partial charge in [0.15, 0.2) is 5.69 Å². The quantitative estimate of drug-likeness (QED) is 0.838. The number of phenolic OH excluding ortho intramolecular Hbond substituents is 1. The van der Waals surface area contributed by atoms with Crippen molar-refractivity contribution < 1.29 is 15.0 Å². The van der Waals surface area contributed by atoms with Crippen LogP contribution in [-0.4, -0.2) is 26.0 Å². The Hall–Kier alpha value is -2.01. The van der Waals surface area contributed by atoms with E-state index in [0.717, 1.165) is 0 Å². The van der Waals surface area contributed by atoms with E-state index in [9.17, 15) is 4.79 Å². The van der Waals surface area contributed by atoms with Gasteiger partial charge in [-0.3, -0.25) is 0 Å². The van der Waals surface area contributed by atoms with Crippen LogP contribution in [0.4, 0.5) is 0 Å². The summed E-state index contributed by atoms with van der Waals surface area (Å²) >= 11 is 5.71. The lowest BCUT2D eigenvalue weighted by molar-refractivity contribution is 0.0690. The van der Waals surface area contributed by atoms with E-state index in [2.05, 4.69) is 5.10 Å². The van der Waals surface area contributed by atoms with Gasteiger partial charge in [-0.1, -0.05) is 11.6 Å². The van der Waals surface area contributed by atoms with E-state index in [1.165, 1.54) is 23.0 Å². The Morgan fingerprint density at radius 2 is 1.94 bits per heavy atom. The van der Waals surface area contributed by atoms with Crippen molar-refractivity contribution in [2.24, 2.45) is 0 Å². The monoisotopic (exact) mass is 238 g/mol. The summed E-state index contributed by atoms with van der Waals surface area (Å²) in [4.78, 5) is 10.7. The minimum atomic E-state index is -1.18. The second-order valence-electron chi connectivity index (χ2n) is 3.09. The third kappa shape index (κ3) is 1.85. The lowest BCUT2D eigenvalue weighted by Gasteiger charge is -1.99. The van der Waals surface area contributed by atoms with Crippen LogP contribution in [0.25, 0.3) is 5.69 Å². The van der Waals surface area contributed by atoms with Crippen molar-refractivity contribution in [3.63, 3.8) is 0 Å². The van der Waals surface area contributed by atoms with Gasteiger partial charge in [0.05, 0.1) is 16.9 Å². The number of hydrogen-bond acceptors (Lipinski definition) is 3. The van der Waals surface area contributed by atoms with E-state index >= 15 is 0 Å². The van der Waals surface area contributed by atoms with Crippen LogP contribution in [0.15, 0.2) is 30.5 Å². The van der Waals surface area contributed by atoms with E-state index in [-0.39, 0.29) is 16.5 Å². The largest absolute Gasteiger partial charge is 0.508 e. The third-order valence-electron chi connectivity index (χ3n) is 1.99. The number of phenols is 1. The summed E-state index contributed by atoms with van der Waals surface area (Å²) in [5.41, 5.74) is 0.418. The molecule has 16 heavy (non-hydrogen) atoms. The number of carbonyl (C=O) groups is 1. The number of benzene rings is 1. The SMILES string of the molecule is O=C(O)c1nn(-c2ccc(O)cc2)cc1Cl. The highest BCUT2D eigenvalue weighted by Gasteiger charge is 2.14. The number of aromatic carboxylic acids is 1. The van der Waals surface area contributed by atoms with Gasteiger partial charge < -0.3 is 10.2 Å². The molecule has 5 nitrogen and oxygen atoms in total. The van der Waals surface area contributed by atoms with Crippen molar-refractivity contribution in [3.8, 4) is 11.4 Å². The molecule has 1 aromatic heterocycles. The van der Waals surface area contributed by atoms with E-state index in [0.29, 0.717) is 5.69 Å². The first-order chi connectivity index (χ1) is 7.58. The summed E-state index contributed by atoms with van der Waals surface area (Å²) in [6, 6.07) is 6.16. The first-order valence-corrected chi connectivity index (χ1v) is 4.73. The van der Waals surface area contributed by atoms with Crippen LogP contribution >= 0.6 is 11.6 Å². The second-order valence-corrected chi connectivity index (χ2v) is 3.50. The fourth-order valence-corrected chi connectivity index (χ4v) is 1.45. The first-order valence-electron chi connectivity index (χ1n) is 4.36. The van der Waals surface area contributed by atoms with Gasteiger partial charge in [0.25, 0.3) is 0 Å². The van der Waals surface area contributed by atoms with E-state index in [4.69, 9.17) is 21.8 Å². The molecule has 0 fully saturated rings.